The summed E-state index contributed by atoms with van der Waals surface area (Å²) in [6.07, 6.45) is 3.79. The second-order valence-electron chi connectivity index (χ2n) is 7.58. The number of nitrogens with zero attached hydrogens (tertiary/aromatic N) is 5. The van der Waals surface area contributed by atoms with Crippen LogP contribution in [0.15, 0.2) is 38.5 Å². The SMILES string of the molecule is CC[C@H](C1CC=CS1)N(C)C1=NS(=O)(=O)N=C1N(C)c1cccc(C(=O)N(C)C)c1O. The van der Waals surface area contributed by atoms with E-state index in [0.29, 0.717) is 0 Å². The van der Waals surface area contributed by atoms with Gasteiger partial charge in [0.15, 0.2) is 17.4 Å². The van der Waals surface area contributed by atoms with Crippen molar-refractivity contribution in [1.82, 2.24) is 9.80 Å². The summed E-state index contributed by atoms with van der Waals surface area (Å²) in [5.41, 5.74) is 0.372. The zero-order chi connectivity index (χ0) is 22.9. The molecule has 1 N–H and O–H groups in total. The zero-order valence-corrected chi connectivity index (χ0v) is 19.8. The van der Waals surface area contributed by atoms with Crippen LogP contribution in [0.25, 0.3) is 0 Å². The summed E-state index contributed by atoms with van der Waals surface area (Å²) >= 11 is 1.72. The van der Waals surface area contributed by atoms with Crippen molar-refractivity contribution < 1.29 is 18.3 Å². The molecule has 0 bridgehead atoms. The van der Waals surface area contributed by atoms with E-state index in [0.717, 1.165) is 12.8 Å². The first-order valence-electron chi connectivity index (χ1n) is 9.83. The minimum absolute atomic E-state index is 0.0425. The number of para-hydroxylation sites is 1. The maximum atomic E-state index is 12.4. The number of thioether (sulfide) groups is 1. The molecule has 1 aromatic carbocycles. The van der Waals surface area contributed by atoms with Gasteiger partial charge in [0, 0.05) is 39.5 Å². The lowest BCUT2D eigenvalue weighted by Crippen LogP contribution is -2.48. The van der Waals surface area contributed by atoms with E-state index in [2.05, 4.69) is 20.3 Å². The van der Waals surface area contributed by atoms with Gasteiger partial charge >= 0.3 is 10.2 Å². The van der Waals surface area contributed by atoms with Crippen LogP contribution in [0.2, 0.25) is 0 Å². The van der Waals surface area contributed by atoms with Crippen molar-refractivity contribution in [3.8, 4) is 5.75 Å². The fourth-order valence-electron chi connectivity index (χ4n) is 3.68. The number of allylic oxidation sites excluding steroid dienone is 1. The molecule has 1 amide bonds. The molecule has 1 unspecified atom stereocenters. The second-order valence-corrected chi connectivity index (χ2v) is 9.99. The Hall–Kier alpha value is -2.53. The molecule has 0 radical (unpaired) electrons. The fourth-order valence-corrected chi connectivity index (χ4v) is 5.77. The van der Waals surface area contributed by atoms with Crippen molar-refractivity contribution in [2.24, 2.45) is 8.80 Å². The molecule has 0 spiro atoms. The maximum absolute atomic E-state index is 12.4. The highest BCUT2D eigenvalue weighted by molar-refractivity contribution is 8.03. The second kappa shape index (κ2) is 8.91. The van der Waals surface area contributed by atoms with Gasteiger partial charge in [-0.05, 0) is 30.4 Å². The highest BCUT2D eigenvalue weighted by Crippen LogP contribution is 2.34. The Labute approximate surface area is 187 Å². The van der Waals surface area contributed by atoms with Gasteiger partial charge in [0.25, 0.3) is 5.91 Å². The lowest BCUT2D eigenvalue weighted by atomic mass is 10.1. The smallest absolute Gasteiger partial charge is 0.367 e. The zero-order valence-electron chi connectivity index (χ0n) is 18.2. The van der Waals surface area contributed by atoms with Gasteiger partial charge in [0.05, 0.1) is 11.3 Å². The predicted molar refractivity (Wildman–Crippen MR) is 125 cm³/mol. The molecule has 0 fully saturated rings. The van der Waals surface area contributed by atoms with Crippen LogP contribution in [0.5, 0.6) is 5.75 Å². The number of hydrogen-bond acceptors (Lipinski definition) is 7. The van der Waals surface area contributed by atoms with Crippen molar-refractivity contribution in [2.75, 3.05) is 33.1 Å². The lowest BCUT2D eigenvalue weighted by molar-refractivity contribution is 0.0824. The number of hydrogen-bond donors (Lipinski definition) is 1. The van der Waals surface area contributed by atoms with Crippen molar-refractivity contribution in [2.45, 2.75) is 31.1 Å². The molecule has 31 heavy (non-hydrogen) atoms. The van der Waals surface area contributed by atoms with Crippen LogP contribution in [0.1, 0.15) is 30.1 Å². The van der Waals surface area contributed by atoms with E-state index in [-0.39, 0.29) is 45.9 Å². The normalized spacial score (nSPS) is 20.2. The number of amidine groups is 2. The molecule has 3 rings (SSSR count). The third kappa shape index (κ3) is 4.57. The molecule has 11 heteroatoms. The first kappa shape index (κ1) is 23.1. The van der Waals surface area contributed by atoms with Crippen LogP contribution in [0, 0.1) is 0 Å². The van der Waals surface area contributed by atoms with E-state index in [1.54, 1.807) is 45.0 Å². The van der Waals surface area contributed by atoms with Gasteiger partial charge < -0.3 is 19.8 Å². The lowest BCUT2D eigenvalue weighted by Gasteiger charge is -2.34. The van der Waals surface area contributed by atoms with Crippen LogP contribution in [-0.4, -0.2) is 80.4 Å². The molecule has 1 aromatic rings. The van der Waals surface area contributed by atoms with E-state index in [1.807, 2.05) is 18.9 Å². The van der Waals surface area contributed by atoms with Gasteiger partial charge in [-0.2, -0.15) is 8.42 Å². The molecule has 2 atom stereocenters. The highest BCUT2D eigenvalue weighted by atomic mass is 32.2. The summed E-state index contributed by atoms with van der Waals surface area (Å²) in [6, 6.07) is 4.78. The van der Waals surface area contributed by atoms with Crippen molar-refractivity contribution in [3.63, 3.8) is 0 Å². The van der Waals surface area contributed by atoms with E-state index < -0.39 is 10.2 Å². The molecule has 2 heterocycles. The van der Waals surface area contributed by atoms with Crippen LogP contribution < -0.4 is 4.90 Å². The Morgan fingerprint density at radius 1 is 1.23 bits per heavy atom. The Morgan fingerprint density at radius 3 is 2.48 bits per heavy atom. The van der Waals surface area contributed by atoms with Crippen LogP contribution >= 0.6 is 11.8 Å². The number of benzene rings is 1. The van der Waals surface area contributed by atoms with Gasteiger partial charge in [-0.15, -0.1) is 20.6 Å². The van der Waals surface area contributed by atoms with E-state index >= 15 is 0 Å². The standard InChI is InChI=1S/C20H27N5O4S2/c1-6-14(16-11-8-12-30-16)24(4)18-19(22-31(28,29)21-18)25(5)15-10-7-9-13(17(15)26)20(27)23(2)3/h7-10,12,14,16,26H,6,11H2,1-5H3/t14-,16?/m1/s1. The van der Waals surface area contributed by atoms with Crippen LogP contribution in [0.4, 0.5) is 5.69 Å². The number of phenols is 1. The molecule has 2 aliphatic heterocycles. The van der Waals surface area contributed by atoms with Gasteiger partial charge in [-0.3, -0.25) is 4.79 Å². The summed E-state index contributed by atoms with van der Waals surface area (Å²) in [5, 5.41) is 13.1. The number of amides is 1. The molecule has 2 aliphatic rings. The van der Waals surface area contributed by atoms with Crippen LogP contribution in [-0.2, 0) is 10.2 Å². The topological polar surface area (TPSA) is 106 Å². The van der Waals surface area contributed by atoms with Crippen molar-refractivity contribution in [1.29, 1.82) is 0 Å². The summed E-state index contributed by atoms with van der Waals surface area (Å²) in [7, 11) is 2.53. The highest BCUT2D eigenvalue weighted by Gasteiger charge is 2.36. The first-order chi connectivity index (χ1) is 14.6. The minimum atomic E-state index is -4.05. The number of rotatable bonds is 5. The average Bonchev–Trinajstić information content (AvgIpc) is 3.35. The quantitative estimate of drug-likeness (QED) is 0.711. The molecule has 0 aromatic heterocycles. The average molecular weight is 466 g/mol. The number of aromatic hydroxyl groups is 1. The van der Waals surface area contributed by atoms with Crippen molar-refractivity contribution >= 4 is 45.2 Å². The molecule has 0 aliphatic carbocycles. The number of carbonyl (C=O) groups is 1. The molecular formula is C20H27N5O4S2. The number of carbonyl (C=O) groups excluding carboxylic acids is 1. The number of phenolic OH excluding ortho intramolecular Hbond substituents is 1. The number of anilines is 1. The molecule has 9 nitrogen and oxygen atoms in total. The third-order valence-electron chi connectivity index (χ3n) is 5.33. The maximum Gasteiger partial charge on any atom is 0.367 e. The number of likely N-dealkylation sites (N-methyl/N-ethyl adjacent to an activating group) is 2. The fraction of sp³-hybridized carbons (Fsp3) is 0.450. The van der Waals surface area contributed by atoms with E-state index in [4.69, 9.17) is 0 Å². The van der Waals surface area contributed by atoms with E-state index in [1.165, 1.54) is 15.9 Å². The molecule has 0 saturated heterocycles. The Balaban J connectivity index is 1.98. The molecule has 0 saturated carbocycles. The minimum Gasteiger partial charge on any atom is -0.505 e. The summed E-state index contributed by atoms with van der Waals surface area (Å²) in [4.78, 5) is 17.0. The van der Waals surface area contributed by atoms with Gasteiger partial charge in [-0.1, -0.05) is 19.1 Å². The Morgan fingerprint density at radius 2 is 1.90 bits per heavy atom. The Kier molecular flexibility index (Phi) is 6.65. The third-order valence-corrected chi connectivity index (χ3v) is 7.34. The Bertz CT molecular complexity index is 1060. The summed E-state index contributed by atoms with van der Waals surface area (Å²) in [6.45, 7) is 2.05. The molecule has 168 valence electrons. The van der Waals surface area contributed by atoms with E-state index in [9.17, 15) is 18.3 Å². The van der Waals surface area contributed by atoms with Gasteiger partial charge in [0.1, 0.15) is 0 Å². The monoisotopic (exact) mass is 465 g/mol. The van der Waals surface area contributed by atoms with Gasteiger partial charge in [-0.25, -0.2) is 0 Å². The van der Waals surface area contributed by atoms with Gasteiger partial charge in [0.2, 0.25) is 0 Å². The first-order valence-corrected chi connectivity index (χ1v) is 12.2. The molecular weight excluding hydrogens is 438 g/mol. The largest absolute Gasteiger partial charge is 0.505 e. The van der Waals surface area contributed by atoms with Crippen molar-refractivity contribution in [3.05, 3.63) is 35.2 Å². The summed E-state index contributed by atoms with van der Waals surface area (Å²) < 4.78 is 32.3. The predicted octanol–water partition coefficient (Wildman–Crippen LogP) is 2.32. The van der Waals surface area contributed by atoms with Crippen LogP contribution in [0.3, 0.4) is 0 Å². The summed E-state index contributed by atoms with van der Waals surface area (Å²) in [5.74, 6) is -0.302.